The zero-order valence-corrected chi connectivity index (χ0v) is 20.6. The van der Waals surface area contributed by atoms with Crippen LogP contribution in [-0.2, 0) is 22.4 Å². The Bertz CT molecular complexity index is 1330. The highest BCUT2D eigenvalue weighted by Crippen LogP contribution is 2.39. The number of thiophene rings is 1. The number of esters is 1. The summed E-state index contributed by atoms with van der Waals surface area (Å²) < 4.78 is 11.0. The molecule has 1 aliphatic carbocycles. The third-order valence-electron chi connectivity index (χ3n) is 5.35. The van der Waals surface area contributed by atoms with E-state index in [0.29, 0.717) is 37.7 Å². The van der Waals surface area contributed by atoms with E-state index in [1.807, 2.05) is 6.07 Å². The van der Waals surface area contributed by atoms with E-state index < -0.39 is 11.9 Å². The Labute approximate surface area is 210 Å². The van der Waals surface area contributed by atoms with Crippen molar-refractivity contribution in [2.45, 2.75) is 32.6 Å². The van der Waals surface area contributed by atoms with Crippen LogP contribution in [0, 0.1) is 11.3 Å². The predicted octanol–water partition coefficient (Wildman–Crippen LogP) is 6.92. The van der Waals surface area contributed by atoms with Gasteiger partial charge in [0.05, 0.1) is 17.2 Å². The van der Waals surface area contributed by atoms with Gasteiger partial charge in [-0.2, -0.15) is 5.26 Å². The molecule has 3 aromatic rings. The number of hydrogen-bond acceptors (Lipinski definition) is 6. The Morgan fingerprint density at radius 1 is 1.24 bits per heavy atom. The Morgan fingerprint density at radius 3 is 2.79 bits per heavy atom. The van der Waals surface area contributed by atoms with Crippen molar-refractivity contribution >= 4 is 57.5 Å². The first-order valence-electron chi connectivity index (χ1n) is 10.7. The summed E-state index contributed by atoms with van der Waals surface area (Å²) in [7, 11) is 0. The molecule has 1 aliphatic rings. The lowest BCUT2D eigenvalue weighted by molar-refractivity contribution is -0.112. The standard InChI is InChI=1S/C25H20Cl2N2O4S/c1-2-32-25(31)22-17-5-3-4-6-21(17)34-24(22)29-23(30)14(13-28)11-16-8-10-20(33-16)18-12-15(26)7-9-19(18)27/h7-12H,2-6H2,1H3,(H,29,30)/b14-11+. The number of nitriles is 1. The van der Waals surface area contributed by atoms with E-state index >= 15 is 0 Å². The summed E-state index contributed by atoms with van der Waals surface area (Å²) >= 11 is 13.6. The highest BCUT2D eigenvalue weighted by atomic mass is 35.5. The molecule has 0 fully saturated rings. The molecule has 174 valence electrons. The van der Waals surface area contributed by atoms with Crippen LogP contribution in [0.25, 0.3) is 17.4 Å². The molecule has 1 N–H and O–H groups in total. The Kier molecular flexibility index (Phi) is 7.42. The summed E-state index contributed by atoms with van der Waals surface area (Å²) in [4.78, 5) is 26.6. The van der Waals surface area contributed by atoms with Gasteiger partial charge in [-0.1, -0.05) is 23.2 Å². The molecule has 2 heterocycles. The smallest absolute Gasteiger partial charge is 0.341 e. The number of amides is 1. The molecule has 1 aromatic carbocycles. The average molecular weight is 515 g/mol. The summed E-state index contributed by atoms with van der Waals surface area (Å²) in [5.74, 6) is -0.347. The van der Waals surface area contributed by atoms with Crippen LogP contribution in [0.5, 0.6) is 0 Å². The van der Waals surface area contributed by atoms with Crippen molar-refractivity contribution in [1.29, 1.82) is 5.26 Å². The number of nitrogens with zero attached hydrogens (tertiary/aromatic N) is 1. The molecule has 0 radical (unpaired) electrons. The molecule has 0 saturated carbocycles. The van der Waals surface area contributed by atoms with Gasteiger partial charge < -0.3 is 14.5 Å². The first-order valence-corrected chi connectivity index (χ1v) is 12.3. The van der Waals surface area contributed by atoms with Crippen LogP contribution in [0.3, 0.4) is 0 Å². The first kappa shape index (κ1) is 24.1. The lowest BCUT2D eigenvalue weighted by Gasteiger charge is -2.12. The number of halogens is 2. The number of anilines is 1. The minimum absolute atomic E-state index is 0.167. The number of fused-ring (bicyclic) bond motifs is 1. The minimum atomic E-state index is -0.634. The quantitative estimate of drug-likeness (QED) is 0.219. The molecule has 0 saturated heterocycles. The summed E-state index contributed by atoms with van der Waals surface area (Å²) in [6.07, 6.45) is 4.96. The number of benzene rings is 1. The van der Waals surface area contributed by atoms with Gasteiger partial charge in [0.1, 0.15) is 28.2 Å². The Balaban J connectivity index is 1.61. The van der Waals surface area contributed by atoms with E-state index in [2.05, 4.69) is 5.32 Å². The fourth-order valence-electron chi connectivity index (χ4n) is 3.80. The number of aryl methyl sites for hydroxylation is 1. The van der Waals surface area contributed by atoms with Crippen LogP contribution in [0.1, 0.15) is 46.3 Å². The van der Waals surface area contributed by atoms with Crippen LogP contribution >= 0.6 is 34.5 Å². The van der Waals surface area contributed by atoms with Crippen LogP contribution < -0.4 is 5.32 Å². The number of ether oxygens (including phenoxy) is 1. The van der Waals surface area contributed by atoms with E-state index in [9.17, 15) is 14.9 Å². The second-order valence-corrected chi connectivity index (χ2v) is 9.53. The normalized spacial score (nSPS) is 13.2. The lowest BCUT2D eigenvalue weighted by atomic mass is 9.95. The van der Waals surface area contributed by atoms with Crippen LogP contribution in [0.15, 0.2) is 40.3 Å². The van der Waals surface area contributed by atoms with Crippen molar-refractivity contribution in [3.63, 3.8) is 0 Å². The van der Waals surface area contributed by atoms with Gasteiger partial charge in [0, 0.05) is 21.5 Å². The maximum absolute atomic E-state index is 12.9. The molecular weight excluding hydrogens is 495 g/mol. The molecule has 6 nitrogen and oxygen atoms in total. The first-order chi connectivity index (χ1) is 16.4. The number of hydrogen-bond donors (Lipinski definition) is 1. The molecule has 0 unspecified atom stereocenters. The molecule has 9 heteroatoms. The van der Waals surface area contributed by atoms with Gasteiger partial charge in [-0.15, -0.1) is 11.3 Å². The number of carbonyl (C=O) groups is 2. The van der Waals surface area contributed by atoms with Crippen molar-refractivity contribution < 1.29 is 18.7 Å². The van der Waals surface area contributed by atoms with Crippen molar-refractivity contribution in [1.82, 2.24) is 0 Å². The average Bonchev–Trinajstić information content (AvgIpc) is 3.43. The second-order valence-electron chi connectivity index (χ2n) is 7.59. The molecule has 0 aliphatic heterocycles. The van der Waals surface area contributed by atoms with Crippen molar-refractivity contribution in [3.05, 3.63) is 67.7 Å². The maximum atomic E-state index is 12.9. The number of rotatable bonds is 6. The second kappa shape index (κ2) is 10.5. The predicted molar refractivity (Wildman–Crippen MR) is 133 cm³/mol. The third-order valence-corrected chi connectivity index (χ3v) is 7.12. The van der Waals surface area contributed by atoms with E-state index in [1.165, 1.54) is 17.4 Å². The van der Waals surface area contributed by atoms with Gasteiger partial charge in [0.25, 0.3) is 5.91 Å². The molecule has 0 atom stereocenters. The zero-order valence-electron chi connectivity index (χ0n) is 18.2. The summed E-state index contributed by atoms with van der Waals surface area (Å²) in [6.45, 7) is 1.97. The van der Waals surface area contributed by atoms with E-state index in [-0.39, 0.29) is 12.2 Å². The highest BCUT2D eigenvalue weighted by Gasteiger charge is 2.28. The van der Waals surface area contributed by atoms with Crippen LogP contribution in [0.2, 0.25) is 10.0 Å². The van der Waals surface area contributed by atoms with Crippen LogP contribution in [-0.4, -0.2) is 18.5 Å². The SMILES string of the molecule is CCOC(=O)c1c(NC(=O)/C(C#N)=C/c2ccc(-c3cc(Cl)ccc3Cl)o2)sc2c1CCCC2. The maximum Gasteiger partial charge on any atom is 0.341 e. The highest BCUT2D eigenvalue weighted by molar-refractivity contribution is 7.17. The van der Waals surface area contributed by atoms with Gasteiger partial charge in [-0.25, -0.2) is 4.79 Å². The minimum Gasteiger partial charge on any atom is -0.462 e. The molecule has 2 aromatic heterocycles. The third kappa shape index (κ3) is 5.05. The van der Waals surface area contributed by atoms with Gasteiger partial charge in [0.2, 0.25) is 0 Å². The van der Waals surface area contributed by atoms with E-state index in [0.717, 1.165) is 36.1 Å². The summed E-state index contributed by atoms with van der Waals surface area (Å²) in [6, 6.07) is 10.2. The molecular formula is C25H20Cl2N2O4S. The number of nitrogens with one attached hydrogen (secondary N) is 1. The van der Waals surface area contributed by atoms with E-state index in [1.54, 1.807) is 37.3 Å². The van der Waals surface area contributed by atoms with Gasteiger partial charge >= 0.3 is 5.97 Å². The molecule has 0 bridgehead atoms. The monoisotopic (exact) mass is 514 g/mol. The largest absolute Gasteiger partial charge is 0.462 e. The molecule has 0 spiro atoms. The Morgan fingerprint density at radius 2 is 2.03 bits per heavy atom. The van der Waals surface area contributed by atoms with Crippen molar-refractivity contribution in [2.24, 2.45) is 0 Å². The van der Waals surface area contributed by atoms with Gasteiger partial charge in [-0.05, 0) is 68.5 Å². The van der Waals surface area contributed by atoms with Crippen LogP contribution in [0.4, 0.5) is 5.00 Å². The summed E-state index contributed by atoms with van der Waals surface area (Å²) in [5, 5.41) is 13.7. The number of carbonyl (C=O) groups excluding carboxylic acids is 2. The fraction of sp³-hybridized carbons (Fsp3) is 0.240. The van der Waals surface area contributed by atoms with Gasteiger partial charge in [-0.3, -0.25) is 4.79 Å². The van der Waals surface area contributed by atoms with Gasteiger partial charge in [0.15, 0.2) is 0 Å². The van der Waals surface area contributed by atoms with Crippen molar-refractivity contribution in [3.8, 4) is 17.4 Å². The zero-order chi connectivity index (χ0) is 24.2. The topological polar surface area (TPSA) is 92.3 Å². The van der Waals surface area contributed by atoms with Crippen molar-refractivity contribution in [2.75, 3.05) is 11.9 Å². The molecule has 1 amide bonds. The number of furan rings is 1. The Hall–Kier alpha value is -3.05. The molecule has 34 heavy (non-hydrogen) atoms. The summed E-state index contributed by atoms with van der Waals surface area (Å²) in [5.41, 5.74) is 1.75. The fourth-order valence-corrected chi connectivity index (χ4v) is 5.45. The van der Waals surface area contributed by atoms with E-state index in [4.69, 9.17) is 32.4 Å². The molecule has 4 rings (SSSR count). The lowest BCUT2D eigenvalue weighted by Crippen LogP contribution is -2.16.